The molecule has 7 nitrogen and oxygen atoms in total. The summed E-state index contributed by atoms with van der Waals surface area (Å²) in [5, 5.41) is 2.50. The number of rotatable bonds is 11. The molecule has 0 spiro atoms. The van der Waals surface area contributed by atoms with Gasteiger partial charge in [-0.3, -0.25) is 25.8 Å². The molecule has 2 rings (SSSR count). The first-order valence-electron chi connectivity index (χ1n) is 10.6. The van der Waals surface area contributed by atoms with Crippen LogP contribution in [0.4, 0.5) is 0 Å². The zero-order valence-corrected chi connectivity index (χ0v) is 20.9. The number of nitrogens with one attached hydrogen (secondary N) is 3. The molecule has 176 valence electrons. The summed E-state index contributed by atoms with van der Waals surface area (Å²) in [5.74, 6) is 0.230. The maximum atomic E-state index is 12.7. The highest BCUT2D eigenvalue weighted by Crippen LogP contribution is 2.23. The zero-order chi connectivity index (χ0) is 24.1. The van der Waals surface area contributed by atoms with E-state index in [2.05, 4.69) is 45.6 Å². The van der Waals surface area contributed by atoms with Gasteiger partial charge in [-0.1, -0.05) is 54.8 Å². The molecule has 0 aliphatic rings. The average molecular weight is 534 g/mol. The summed E-state index contributed by atoms with van der Waals surface area (Å²) < 4.78 is 11.9. The van der Waals surface area contributed by atoms with E-state index >= 15 is 0 Å². The van der Waals surface area contributed by atoms with Crippen LogP contribution in [-0.4, -0.2) is 30.1 Å². The Bertz CT molecular complexity index is 967. The second kappa shape index (κ2) is 14.3. The highest BCUT2D eigenvalue weighted by Gasteiger charge is 2.15. The summed E-state index contributed by atoms with van der Waals surface area (Å²) in [7, 11) is 0. The lowest BCUT2D eigenvalue weighted by Gasteiger charge is -2.14. The standard InChI is InChI=1S/C24H28BrN3O4S/c1-3-5-6-7-15-32-21-13-10-18(25)16-20(21)23(30)26-24(33)28-27-22(29)17-8-11-19(12-9-17)31-14-4-2/h4,8-13,16H,2-3,5-7,14-15H2,1H3,(H,27,29)(H2,26,28,30,33). The molecule has 9 heteroatoms. The molecule has 0 aliphatic carbocycles. The van der Waals surface area contributed by atoms with E-state index in [1.54, 1.807) is 42.5 Å². The molecule has 3 N–H and O–H groups in total. The Hall–Kier alpha value is -2.91. The summed E-state index contributed by atoms with van der Waals surface area (Å²) in [6.07, 6.45) is 5.92. The summed E-state index contributed by atoms with van der Waals surface area (Å²) >= 11 is 8.51. The van der Waals surface area contributed by atoms with Gasteiger partial charge < -0.3 is 9.47 Å². The number of unbranched alkanes of at least 4 members (excludes halogenated alkanes) is 3. The predicted octanol–water partition coefficient (Wildman–Crippen LogP) is 4.92. The van der Waals surface area contributed by atoms with Crippen LogP contribution in [-0.2, 0) is 0 Å². The van der Waals surface area contributed by atoms with Crippen LogP contribution in [0.2, 0.25) is 0 Å². The average Bonchev–Trinajstić information content (AvgIpc) is 2.82. The van der Waals surface area contributed by atoms with Gasteiger partial charge in [0.05, 0.1) is 12.2 Å². The van der Waals surface area contributed by atoms with Crippen LogP contribution in [0.1, 0.15) is 53.3 Å². The first-order valence-corrected chi connectivity index (χ1v) is 11.8. The third-order valence-corrected chi connectivity index (χ3v) is 5.14. The maximum absolute atomic E-state index is 12.7. The van der Waals surface area contributed by atoms with Crippen LogP contribution >= 0.6 is 28.1 Å². The quantitative estimate of drug-likeness (QED) is 0.164. The third-order valence-electron chi connectivity index (χ3n) is 4.44. The van der Waals surface area contributed by atoms with Crippen LogP contribution in [0.5, 0.6) is 11.5 Å². The summed E-state index contributed by atoms with van der Waals surface area (Å²) in [6, 6.07) is 11.8. The Labute approximate surface area is 208 Å². The number of amides is 2. The SMILES string of the molecule is C=CCOc1ccc(C(=O)NNC(=S)NC(=O)c2cc(Br)ccc2OCCCCCC)cc1. The van der Waals surface area contributed by atoms with Gasteiger partial charge in [-0.15, -0.1) is 0 Å². The molecule has 0 unspecified atom stereocenters. The van der Waals surface area contributed by atoms with Gasteiger partial charge in [0.25, 0.3) is 11.8 Å². The molecule has 33 heavy (non-hydrogen) atoms. The van der Waals surface area contributed by atoms with E-state index in [4.69, 9.17) is 21.7 Å². The lowest BCUT2D eigenvalue weighted by atomic mass is 10.2. The Balaban J connectivity index is 1.88. The second-order valence-corrected chi connectivity index (χ2v) is 8.36. The number of halogens is 1. The predicted molar refractivity (Wildman–Crippen MR) is 137 cm³/mol. The van der Waals surface area contributed by atoms with Crippen molar-refractivity contribution in [3.8, 4) is 11.5 Å². The number of hydrogen-bond acceptors (Lipinski definition) is 5. The van der Waals surface area contributed by atoms with Crippen LogP contribution in [0, 0.1) is 0 Å². The molecule has 0 radical (unpaired) electrons. The number of ether oxygens (including phenoxy) is 2. The van der Waals surface area contributed by atoms with Crippen molar-refractivity contribution in [3.63, 3.8) is 0 Å². The number of benzene rings is 2. The highest BCUT2D eigenvalue weighted by atomic mass is 79.9. The Morgan fingerprint density at radius 1 is 1.03 bits per heavy atom. The number of hydrazine groups is 1. The smallest absolute Gasteiger partial charge is 0.269 e. The second-order valence-electron chi connectivity index (χ2n) is 7.04. The van der Waals surface area contributed by atoms with Gasteiger partial charge in [-0.2, -0.15) is 0 Å². The first kappa shape index (κ1) is 26.3. The van der Waals surface area contributed by atoms with E-state index in [-0.39, 0.29) is 5.11 Å². The molecular formula is C24H28BrN3O4S. The number of carbonyl (C=O) groups excluding carboxylic acids is 2. The molecule has 0 atom stereocenters. The van der Waals surface area contributed by atoms with E-state index in [0.29, 0.717) is 35.8 Å². The van der Waals surface area contributed by atoms with Gasteiger partial charge in [-0.05, 0) is 61.1 Å². The minimum atomic E-state index is -0.449. The van der Waals surface area contributed by atoms with Crippen molar-refractivity contribution in [1.29, 1.82) is 0 Å². The fraction of sp³-hybridized carbons (Fsp3) is 0.292. The molecule has 0 saturated heterocycles. The molecule has 0 aliphatic heterocycles. The summed E-state index contributed by atoms with van der Waals surface area (Å²) in [4.78, 5) is 25.0. The molecule has 2 aromatic carbocycles. The Morgan fingerprint density at radius 2 is 1.79 bits per heavy atom. The van der Waals surface area contributed by atoms with Crippen molar-refractivity contribution >= 4 is 45.1 Å². The van der Waals surface area contributed by atoms with Crippen molar-refractivity contribution in [1.82, 2.24) is 16.2 Å². The van der Waals surface area contributed by atoms with Gasteiger partial charge in [0.2, 0.25) is 0 Å². The molecule has 2 amide bonds. The molecule has 2 aromatic rings. The number of hydrogen-bond donors (Lipinski definition) is 3. The van der Waals surface area contributed by atoms with E-state index in [1.807, 2.05) is 6.07 Å². The minimum absolute atomic E-state index is 0.0480. The topological polar surface area (TPSA) is 88.7 Å². The fourth-order valence-electron chi connectivity index (χ4n) is 2.76. The third kappa shape index (κ3) is 9.23. The van der Waals surface area contributed by atoms with Gasteiger partial charge >= 0.3 is 0 Å². The van der Waals surface area contributed by atoms with E-state index in [0.717, 1.165) is 30.2 Å². The monoisotopic (exact) mass is 533 g/mol. The minimum Gasteiger partial charge on any atom is -0.493 e. The number of thiocarbonyl (C=S) groups is 1. The van der Waals surface area contributed by atoms with Crippen molar-refractivity contribution in [2.24, 2.45) is 0 Å². The van der Waals surface area contributed by atoms with E-state index in [1.165, 1.54) is 0 Å². The summed E-state index contributed by atoms with van der Waals surface area (Å²) in [5.41, 5.74) is 5.72. The molecule has 0 bridgehead atoms. The lowest BCUT2D eigenvalue weighted by molar-refractivity contribution is 0.0933. The van der Waals surface area contributed by atoms with Crippen molar-refractivity contribution < 1.29 is 19.1 Å². The van der Waals surface area contributed by atoms with Crippen LogP contribution in [0.3, 0.4) is 0 Å². The molecule has 0 saturated carbocycles. The van der Waals surface area contributed by atoms with E-state index < -0.39 is 11.8 Å². The normalized spacial score (nSPS) is 10.1. The van der Waals surface area contributed by atoms with Crippen LogP contribution in [0.25, 0.3) is 0 Å². The number of carbonyl (C=O) groups is 2. The van der Waals surface area contributed by atoms with Crippen LogP contribution in [0.15, 0.2) is 59.6 Å². The van der Waals surface area contributed by atoms with Crippen LogP contribution < -0.4 is 25.6 Å². The molecule has 0 fully saturated rings. The van der Waals surface area contributed by atoms with Gasteiger partial charge in [0.1, 0.15) is 18.1 Å². The largest absolute Gasteiger partial charge is 0.493 e. The van der Waals surface area contributed by atoms with Gasteiger partial charge in [0.15, 0.2) is 5.11 Å². The van der Waals surface area contributed by atoms with Crippen molar-refractivity contribution in [3.05, 3.63) is 70.7 Å². The first-order chi connectivity index (χ1) is 15.9. The maximum Gasteiger partial charge on any atom is 0.269 e. The Kier molecular flexibility index (Phi) is 11.4. The lowest BCUT2D eigenvalue weighted by Crippen LogP contribution is -2.48. The zero-order valence-electron chi connectivity index (χ0n) is 18.5. The highest BCUT2D eigenvalue weighted by molar-refractivity contribution is 9.10. The summed E-state index contributed by atoms with van der Waals surface area (Å²) in [6.45, 7) is 6.64. The fourth-order valence-corrected chi connectivity index (χ4v) is 3.27. The Morgan fingerprint density at radius 3 is 2.48 bits per heavy atom. The molecule has 0 aromatic heterocycles. The van der Waals surface area contributed by atoms with Gasteiger partial charge in [0, 0.05) is 10.0 Å². The van der Waals surface area contributed by atoms with Gasteiger partial charge in [-0.25, -0.2) is 0 Å². The van der Waals surface area contributed by atoms with E-state index in [9.17, 15) is 9.59 Å². The van der Waals surface area contributed by atoms with Crippen molar-refractivity contribution in [2.75, 3.05) is 13.2 Å². The van der Waals surface area contributed by atoms with Crippen molar-refractivity contribution in [2.45, 2.75) is 32.6 Å². The molecular weight excluding hydrogens is 506 g/mol. The molecule has 0 heterocycles.